The lowest BCUT2D eigenvalue weighted by atomic mass is 9.90. The molecule has 24 heavy (non-hydrogen) atoms. The van der Waals surface area contributed by atoms with Gasteiger partial charge in [0.05, 0.1) is 6.04 Å². The number of carbonyl (C=O) groups is 1. The van der Waals surface area contributed by atoms with Gasteiger partial charge in [0.25, 0.3) is 0 Å². The molecule has 0 bridgehead atoms. The largest absolute Gasteiger partial charge is 0.480 e. The van der Waals surface area contributed by atoms with Gasteiger partial charge in [0, 0.05) is 33.1 Å². The summed E-state index contributed by atoms with van der Waals surface area (Å²) < 4.78 is 0. The van der Waals surface area contributed by atoms with Crippen molar-refractivity contribution in [1.82, 2.24) is 10.3 Å². The van der Waals surface area contributed by atoms with Crippen LogP contribution in [0.1, 0.15) is 22.9 Å². The standard InChI is InChI=1S/C18H14Cl2N2O2/c19-9-5-6-13(20)12(7-9)17-16-11(8-15(22-17)18(23)24)10-3-1-2-4-14(10)21-16/h1-7,15,17,21-22H,8H2,(H,23,24). The summed E-state index contributed by atoms with van der Waals surface area (Å²) in [6, 6.07) is 12.1. The van der Waals surface area contributed by atoms with Crippen LogP contribution >= 0.6 is 23.2 Å². The Kier molecular flexibility index (Phi) is 3.76. The molecular formula is C18H14Cl2N2O2. The molecule has 0 spiro atoms. The summed E-state index contributed by atoms with van der Waals surface area (Å²) in [5, 5.41) is 14.9. The second kappa shape index (κ2) is 5.81. The number of aliphatic carboxylic acids is 1. The van der Waals surface area contributed by atoms with Crippen molar-refractivity contribution in [1.29, 1.82) is 0 Å². The zero-order valence-corrected chi connectivity index (χ0v) is 14.0. The lowest BCUT2D eigenvalue weighted by Crippen LogP contribution is -2.45. The minimum atomic E-state index is -0.880. The fourth-order valence-corrected chi connectivity index (χ4v) is 3.78. The molecule has 122 valence electrons. The van der Waals surface area contributed by atoms with Crippen molar-refractivity contribution >= 4 is 40.1 Å². The zero-order chi connectivity index (χ0) is 16.8. The number of benzene rings is 2. The summed E-state index contributed by atoms with van der Waals surface area (Å²) in [6.07, 6.45) is 0.420. The van der Waals surface area contributed by atoms with Crippen LogP contribution in [0.15, 0.2) is 42.5 Å². The number of nitrogens with one attached hydrogen (secondary N) is 2. The van der Waals surface area contributed by atoms with E-state index in [9.17, 15) is 9.90 Å². The Bertz CT molecular complexity index is 951. The van der Waals surface area contributed by atoms with E-state index in [4.69, 9.17) is 23.2 Å². The van der Waals surface area contributed by atoms with E-state index in [0.717, 1.165) is 27.7 Å². The molecule has 3 N–H and O–H groups in total. The molecular weight excluding hydrogens is 347 g/mol. The lowest BCUT2D eigenvalue weighted by Gasteiger charge is -2.30. The fraction of sp³-hybridized carbons (Fsp3) is 0.167. The molecule has 0 amide bonds. The fourth-order valence-electron chi connectivity index (χ4n) is 3.37. The number of halogens is 2. The van der Waals surface area contributed by atoms with Crippen LogP contribution in [0.25, 0.3) is 10.9 Å². The number of rotatable bonds is 2. The molecule has 4 nitrogen and oxygen atoms in total. The van der Waals surface area contributed by atoms with Gasteiger partial charge in [-0.05, 0) is 35.4 Å². The monoisotopic (exact) mass is 360 g/mol. The van der Waals surface area contributed by atoms with Crippen LogP contribution in [0, 0.1) is 0 Å². The molecule has 3 aromatic rings. The van der Waals surface area contributed by atoms with Crippen molar-refractivity contribution in [3.63, 3.8) is 0 Å². The Morgan fingerprint density at radius 2 is 1.96 bits per heavy atom. The van der Waals surface area contributed by atoms with Gasteiger partial charge in [0.1, 0.15) is 6.04 Å². The Morgan fingerprint density at radius 3 is 2.75 bits per heavy atom. The average Bonchev–Trinajstić information content (AvgIpc) is 2.95. The molecule has 2 heterocycles. The Balaban J connectivity index is 1.94. The van der Waals surface area contributed by atoms with Gasteiger partial charge in [0.2, 0.25) is 0 Å². The smallest absolute Gasteiger partial charge is 0.321 e. The molecule has 0 saturated heterocycles. The molecule has 1 aliphatic heterocycles. The number of aromatic amines is 1. The molecule has 4 rings (SSSR count). The highest BCUT2D eigenvalue weighted by molar-refractivity contribution is 6.33. The molecule has 2 unspecified atom stereocenters. The maximum atomic E-state index is 11.6. The van der Waals surface area contributed by atoms with Gasteiger partial charge in [-0.25, -0.2) is 0 Å². The van der Waals surface area contributed by atoms with Crippen molar-refractivity contribution in [2.75, 3.05) is 0 Å². The number of fused-ring (bicyclic) bond motifs is 3. The summed E-state index contributed by atoms with van der Waals surface area (Å²) in [7, 11) is 0. The summed E-state index contributed by atoms with van der Waals surface area (Å²) in [5.74, 6) is -0.880. The van der Waals surface area contributed by atoms with Crippen molar-refractivity contribution < 1.29 is 9.90 Å². The first-order valence-electron chi connectivity index (χ1n) is 7.58. The van der Waals surface area contributed by atoms with Gasteiger partial charge in [0.15, 0.2) is 0 Å². The predicted octanol–water partition coefficient (Wildman–Crippen LogP) is 4.16. The van der Waals surface area contributed by atoms with Crippen LogP contribution in [-0.2, 0) is 11.2 Å². The normalized spacial score (nSPS) is 20.1. The van der Waals surface area contributed by atoms with Crippen LogP contribution in [-0.4, -0.2) is 22.1 Å². The van der Waals surface area contributed by atoms with E-state index < -0.39 is 12.0 Å². The van der Waals surface area contributed by atoms with Gasteiger partial charge in [-0.15, -0.1) is 0 Å². The van der Waals surface area contributed by atoms with Crippen LogP contribution in [0.5, 0.6) is 0 Å². The van der Waals surface area contributed by atoms with E-state index in [-0.39, 0.29) is 6.04 Å². The topological polar surface area (TPSA) is 65.1 Å². The van der Waals surface area contributed by atoms with Crippen molar-refractivity contribution in [2.24, 2.45) is 0 Å². The highest BCUT2D eigenvalue weighted by Crippen LogP contribution is 2.38. The van der Waals surface area contributed by atoms with Gasteiger partial charge >= 0.3 is 5.97 Å². The van der Waals surface area contributed by atoms with E-state index in [1.165, 1.54) is 0 Å². The number of carboxylic acids is 1. The first-order valence-corrected chi connectivity index (χ1v) is 8.33. The summed E-state index contributed by atoms with van der Waals surface area (Å²) in [4.78, 5) is 15.0. The van der Waals surface area contributed by atoms with Crippen molar-refractivity contribution in [3.8, 4) is 0 Å². The third kappa shape index (κ3) is 2.47. The number of carboxylic acid groups (broad SMARTS) is 1. The molecule has 1 aliphatic rings. The van der Waals surface area contributed by atoms with E-state index in [2.05, 4.69) is 10.3 Å². The average molecular weight is 361 g/mol. The second-order valence-electron chi connectivity index (χ2n) is 5.92. The highest BCUT2D eigenvalue weighted by Gasteiger charge is 2.34. The van der Waals surface area contributed by atoms with Crippen LogP contribution in [0.2, 0.25) is 10.0 Å². The minimum Gasteiger partial charge on any atom is -0.480 e. The first kappa shape index (κ1) is 15.5. The van der Waals surface area contributed by atoms with E-state index >= 15 is 0 Å². The summed E-state index contributed by atoms with van der Waals surface area (Å²) >= 11 is 12.5. The quantitative estimate of drug-likeness (QED) is 0.642. The molecule has 0 saturated carbocycles. The number of para-hydroxylation sites is 1. The molecule has 2 aromatic carbocycles. The molecule has 0 aliphatic carbocycles. The van der Waals surface area contributed by atoms with Gasteiger partial charge in [-0.1, -0.05) is 41.4 Å². The highest BCUT2D eigenvalue weighted by atomic mass is 35.5. The maximum absolute atomic E-state index is 11.6. The van der Waals surface area contributed by atoms with Crippen LogP contribution in [0.3, 0.4) is 0 Å². The number of aromatic nitrogens is 1. The summed E-state index contributed by atoms with van der Waals surface area (Å²) in [5.41, 5.74) is 3.71. The molecule has 6 heteroatoms. The van der Waals surface area contributed by atoms with E-state index in [1.807, 2.05) is 24.3 Å². The second-order valence-corrected chi connectivity index (χ2v) is 6.77. The van der Waals surface area contributed by atoms with E-state index in [0.29, 0.717) is 16.5 Å². The van der Waals surface area contributed by atoms with Crippen LogP contribution < -0.4 is 5.32 Å². The molecule has 1 aromatic heterocycles. The predicted molar refractivity (Wildman–Crippen MR) is 94.9 cm³/mol. The third-order valence-corrected chi connectivity index (χ3v) is 5.06. The lowest BCUT2D eigenvalue weighted by molar-refractivity contribution is -0.139. The minimum absolute atomic E-state index is 0.353. The van der Waals surface area contributed by atoms with Gasteiger partial charge < -0.3 is 10.1 Å². The molecule has 0 fully saturated rings. The van der Waals surface area contributed by atoms with Crippen LogP contribution in [0.4, 0.5) is 0 Å². The van der Waals surface area contributed by atoms with E-state index in [1.54, 1.807) is 18.2 Å². The molecule has 0 radical (unpaired) electrons. The Labute approximate surface area is 148 Å². The first-order chi connectivity index (χ1) is 11.5. The zero-order valence-electron chi connectivity index (χ0n) is 12.5. The molecule has 2 atom stereocenters. The van der Waals surface area contributed by atoms with Crippen molar-refractivity contribution in [3.05, 3.63) is 69.3 Å². The Hall–Kier alpha value is -2.01. The maximum Gasteiger partial charge on any atom is 0.321 e. The van der Waals surface area contributed by atoms with Gasteiger partial charge in [-0.2, -0.15) is 0 Å². The number of H-pyrrole nitrogens is 1. The SMILES string of the molecule is O=C(O)C1Cc2c([nH]c3ccccc23)C(c2cc(Cl)ccc2Cl)N1. The van der Waals surface area contributed by atoms with Crippen molar-refractivity contribution in [2.45, 2.75) is 18.5 Å². The summed E-state index contributed by atoms with van der Waals surface area (Å²) in [6.45, 7) is 0. The number of hydrogen-bond donors (Lipinski definition) is 3. The van der Waals surface area contributed by atoms with Gasteiger partial charge in [-0.3, -0.25) is 10.1 Å². The third-order valence-electron chi connectivity index (χ3n) is 4.48. The Morgan fingerprint density at radius 1 is 1.17 bits per heavy atom. The number of hydrogen-bond acceptors (Lipinski definition) is 2.